The third-order valence-electron chi connectivity index (χ3n) is 3.05. The highest BCUT2D eigenvalue weighted by atomic mass is 32.1. The van der Waals surface area contributed by atoms with Gasteiger partial charge in [-0.2, -0.15) is 0 Å². The first kappa shape index (κ1) is 15.7. The van der Waals surface area contributed by atoms with Gasteiger partial charge in [0.2, 0.25) is 5.91 Å². The van der Waals surface area contributed by atoms with E-state index in [0.29, 0.717) is 30.3 Å². The topological polar surface area (TPSA) is 66.7 Å². The summed E-state index contributed by atoms with van der Waals surface area (Å²) in [6.07, 6.45) is 0.919. The Morgan fingerprint density at radius 2 is 2.29 bits per heavy atom. The number of carbonyl (C=O) groups is 1. The summed E-state index contributed by atoms with van der Waals surface area (Å²) in [5, 5.41) is 4.74. The number of rotatable bonds is 6. The van der Waals surface area contributed by atoms with E-state index in [1.54, 1.807) is 4.40 Å². The van der Waals surface area contributed by atoms with Gasteiger partial charge in [-0.1, -0.05) is 6.92 Å². The average Bonchev–Trinajstić information content (AvgIpc) is 2.78. The number of fused-ring (bicyclic) bond motifs is 1. The lowest BCUT2D eigenvalue weighted by Crippen LogP contribution is -2.35. The van der Waals surface area contributed by atoms with Crippen LogP contribution >= 0.6 is 11.3 Å². The normalized spacial score (nSPS) is 11.2. The SMILES string of the molecule is CCCNC(=O)CN(C)Cc1cc(=O)n2c(C)csc2n1. The quantitative estimate of drug-likeness (QED) is 0.865. The van der Waals surface area contributed by atoms with Crippen molar-refractivity contribution in [3.63, 3.8) is 0 Å². The molecule has 2 heterocycles. The van der Waals surface area contributed by atoms with Crippen molar-refractivity contribution in [2.75, 3.05) is 20.1 Å². The maximum atomic E-state index is 12.1. The molecule has 0 spiro atoms. The molecule has 0 aliphatic carbocycles. The fourth-order valence-electron chi connectivity index (χ4n) is 2.08. The van der Waals surface area contributed by atoms with Crippen molar-refractivity contribution in [1.29, 1.82) is 0 Å². The van der Waals surface area contributed by atoms with Crippen LogP contribution in [0.5, 0.6) is 0 Å². The van der Waals surface area contributed by atoms with Crippen molar-refractivity contribution in [3.8, 4) is 0 Å². The molecule has 1 N–H and O–H groups in total. The van der Waals surface area contributed by atoms with E-state index in [-0.39, 0.29) is 11.5 Å². The Kier molecular flexibility index (Phi) is 5.08. The smallest absolute Gasteiger partial charge is 0.259 e. The summed E-state index contributed by atoms with van der Waals surface area (Å²) in [6.45, 7) is 5.36. The molecule has 0 aliphatic heterocycles. The number of likely N-dealkylation sites (N-methyl/N-ethyl adjacent to an activating group) is 1. The molecule has 114 valence electrons. The number of hydrogen-bond acceptors (Lipinski definition) is 5. The third-order valence-corrected chi connectivity index (χ3v) is 3.99. The van der Waals surface area contributed by atoms with Gasteiger partial charge < -0.3 is 5.32 Å². The predicted octanol–water partition coefficient (Wildman–Crippen LogP) is 1.02. The molecular formula is C14H20N4O2S. The summed E-state index contributed by atoms with van der Waals surface area (Å²) in [4.78, 5) is 30.7. The Balaban J connectivity index is 2.06. The highest BCUT2D eigenvalue weighted by molar-refractivity contribution is 7.15. The van der Waals surface area contributed by atoms with Crippen LogP contribution in [0.25, 0.3) is 4.96 Å². The number of aryl methyl sites for hydroxylation is 1. The van der Waals surface area contributed by atoms with Crippen LogP contribution in [0.4, 0.5) is 0 Å². The van der Waals surface area contributed by atoms with E-state index in [0.717, 1.165) is 12.1 Å². The Hall–Kier alpha value is -1.73. The number of amides is 1. The van der Waals surface area contributed by atoms with Gasteiger partial charge in [0.25, 0.3) is 5.56 Å². The summed E-state index contributed by atoms with van der Waals surface area (Å²) < 4.78 is 1.60. The lowest BCUT2D eigenvalue weighted by molar-refractivity contribution is -0.122. The van der Waals surface area contributed by atoms with Gasteiger partial charge in [-0.3, -0.25) is 18.9 Å². The lowest BCUT2D eigenvalue weighted by atomic mass is 10.3. The molecule has 1 amide bonds. The van der Waals surface area contributed by atoms with Crippen LogP contribution in [0.3, 0.4) is 0 Å². The zero-order valence-electron chi connectivity index (χ0n) is 12.5. The van der Waals surface area contributed by atoms with Crippen LogP contribution < -0.4 is 10.9 Å². The summed E-state index contributed by atoms with van der Waals surface area (Å²) in [5.74, 6) is -0.0101. The van der Waals surface area contributed by atoms with E-state index in [1.807, 2.05) is 31.2 Å². The van der Waals surface area contributed by atoms with Crippen LogP contribution in [-0.2, 0) is 11.3 Å². The third kappa shape index (κ3) is 3.89. The summed E-state index contributed by atoms with van der Waals surface area (Å²) in [7, 11) is 1.84. The first-order valence-electron chi connectivity index (χ1n) is 6.93. The molecule has 0 aromatic carbocycles. The van der Waals surface area contributed by atoms with Crippen LogP contribution in [-0.4, -0.2) is 40.3 Å². The van der Waals surface area contributed by atoms with Gasteiger partial charge in [-0.25, -0.2) is 4.98 Å². The van der Waals surface area contributed by atoms with Crippen LogP contribution in [0, 0.1) is 6.92 Å². The van der Waals surface area contributed by atoms with Crippen LogP contribution in [0.1, 0.15) is 24.7 Å². The molecule has 2 rings (SSSR count). The molecule has 21 heavy (non-hydrogen) atoms. The summed E-state index contributed by atoms with van der Waals surface area (Å²) in [5.41, 5.74) is 1.51. The van der Waals surface area contributed by atoms with Gasteiger partial charge in [-0.15, -0.1) is 11.3 Å². The summed E-state index contributed by atoms with van der Waals surface area (Å²) in [6, 6.07) is 1.53. The standard InChI is InChI=1S/C14H20N4O2S/c1-4-5-15-12(19)8-17(3)7-11-6-13(20)18-10(2)9-21-14(18)16-11/h6,9H,4-5,7-8H2,1-3H3,(H,15,19). The number of nitrogens with zero attached hydrogens (tertiary/aromatic N) is 3. The van der Waals surface area contributed by atoms with Crippen molar-refractivity contribution in [2.24, 2.45) is 0 Å². The van der Waals surface area contributed by atoms with Gasteiger partial charge in [0.15, 0.2) is 4.96 Å². The molecule has 6 nitrogen and oxygen atoms in total. The predicted molar refractivity (Wildman–Crippen MR) is 83.7 cm³/mol. The molecule has 0 unspecified atom stereocenters. The van der Waals surface area contributed by atoms with Crippen molar-refractivity contribution in [3.05, 3.63) is 33.2 Å². The van der Waals surface area contributed by atoms with Gasteiger partial charge in [0.1, 0.15) is 0 Å². The Labute approximate surface area is 127 Å². The maximum absolute atomic E-state index is 12.1. The van der Waals surface area contributed by atoms with Crippen molar-refractivity contribution < 1.29 is 4.79 Å². The second kappa shape index (κ2) is 6.82. The van der Waals surface area contributed by atoms with E-state index < -0.39 is 0 Å². The van der Waals surface area contributed by atoms with E-state index in [1.165, 1.54) is 17.4 Å². The number of aromatic nitrogens is 2. The fraction of sp³-hybridized carbons (Fsp3) is 0.500. The Morgan fingerprint density at radius 3 is 3.00 bits per heavy atom. The van der Waals surface area contributed by atoms with Crippen LogP contribution in [0.2, 0.25) is 0 Å². The second-order valence-electron chi connectivity index (χ2n) is 5.10. The number of hydrogen-bond donors (Lipinski definition) is 1. The first-order valence-corrected chi connectivity index (χ1v) is 7.81. The Bertz CT molecular complexity index is 692. The lowest BCUT2D eigenvalue weighted by Gasteiger charge is -2.15. The van der Waals surface area contributed by atoms with Gasteiger partial charge >= 0.3 is 0 Å². The molecule has 0 bridgehead atoms. The molecule has 0 fully saturated rings. The van der Waals surface area contributed by atoms with E-state index in [9.17, 15) is 9.59 Å². The average molecular weight is 308 g/mol. The van der Waals surface area contributed by atoms with Gasteiger partial charge in [-0.05, 0) is 20.4 Å². The number of thiazole rings is 1. The van der Waals surface area contributed by atoms with Crippen molar-refractivity contribution >= 4 is 22.2 Å². The molecular weight excluding hydrogens is 288 g/mol. The molecule has 0 atom stereocenters. The monoisotopic (exact) mass is 308 g/mol. The van der Waals surface area contributed by atoms with Gasteiger partial charge in [0.05, 0.1) is 12.2 Å². The molecule has 2 aromatic heterocycles. The molecule has 7 heteroatoms. The molecule has 0 aliphatic rings. The van der Waals surface area contributed by atoms with Crippen molar-refractivity contribution in [2.45, 2.75) is 26.8 Å². The Morgan fingerprint density at radius 1 is 1.52 bits per heavy atom. The van der Waals surface area contributed by atoms with Crippen molar-refractivity contribution in [1.82, 2.24) is 19.6 Å². The minimum atomic E-state index is -0.0717. The maximum Gasteiger partial charge on any atom is 0.259 e. The van der Waals surface area contributed by atoms with Gasteiger partial charge in [0, 0.05) is 30.2 Å². The fourth-order valence-corrected chi connectivity index (χ4v) is 2.97. The molecule has 0 saturated carbocycles. The van der Waals surface area contributed by atoms with E-state index >= 15 is 0 Å². The molecule has 2 aromatic rings. The largest absolute Gasteiger partial charge is 0.355 e. The highest BCUT2D eigenvalue weighted by Gasteiger charge is 2.10. The minimum Gasteiger partial charge on any atom is -0.355 e. The van der Waals surface area contributed by atoms with E-state index in [2.05, 4.69) is 10.3 Å². The number of carbonyl (C=O) groups excluding carboxylic acids is 1. The molecule has 0 saturated heterocycles. The zero-order valence-corrected chi connectivity index (χ0v) is 13.4. The minimum absolute atomic E-state index is 0.0101. The molecule has 0 radical (unpaired) electrons. The van der Waals surface area contributed by atoms with E-state index in [4.69, 9.17) is 0 Å². The summed E-state index contributed by atoms with van der Waals surface area (Å²) >= 11 is 1.45. The first-order chi connectivity index (χ1) is 10.0. The number of nitrogens with one attached hydrogen (secondary N) is 1. The second-order valence-corrected chi connectivity index (χ2v) is 5.94. The highest BCUT2D eigenvalue weighted by Crippen LogP contribution is 2.12. The zero-order chi connectivity index (χ0) is 15.4. The van der Waals surface area contributed by atoms with Crippen LogP contribution in [0.15, 0.2) is 16.2 Å².